The van der Waals surface area contributed by atoms with E-state index >= 15 is 0 Å². The molecule has 0 atom stereocenters. The Hall–Kier alpha value is -3.71. The first-order valence-corrected chi connectivity index (χ1v) is 13.0. The third-order valence-corrected chi connectivity index (χ3v) is 6.54. The van der Waals surface area contributed by atoms with Crippen LogP contribution in [0.4, 0.5) is 5.69 Å². The van der Waals surface area contributed by atoms with Gasteiger partial charge in [0.05, 0.1) is 29.3 Å². The van der Waals surface area contributed by atoms with Crippen LogP contribution in [0.25, 0.3) is 22.4 Å². The highest BCUT2D eigenvalue weighted by atomic mass is 32.1. The van der Waals surface area contributed by atoms with Gasteiger partial charge >= 0.3 is 0 Å². The second kappa shape index (κ2) is 12.8. The highest BCUT2D eigenvalue weighted by Crippen LogP contribution is 2.33. The Morgan fingerprint density at radius 1 is 0.972 bits per heavy atom. The zero-order chi connectivity index (χ0) is 26.1. The second-order valence-corrected chi connectivity index (χ2v) is 8.81. The topological polar surface area (TPSA) is 74.5 Å². The number of methoxy groups -OCH3 is 1. The van der Waals surface area contributed by atoms with Crippen molar-refractivity contribution in [3.63, 3.8) is 0 Å². The Labute approximate surface area is 216 Å². The van der Waals surface area contributed by atoms with Gasteiger partial charge in [0.1, 0.15) is 11.5 Å². The summed E-state index contributed by atoms with van der Waals surface area (Å²) in [6.07, 6.45) is 1.63. The molecule has 0 aliphatic rings. The molecule has 188 valence electrons. The van der Waals surface area contributed by atoms with Crippen molar-refractivity contribution >= 4 is 17.0 Å². The molecule has 0 saturated carbocycles. The molecule has 0 aliphatic heterocycles. The van der Waals surface area contributed by atoms with E-state index in [1.807, 2.05) is 38.3 Å². The second-order valence-electron chi connectivity index (χ2n) is 7.87. The van der Waals surface area contributed by atoms with E-state index in [4.69, 9.17) is 14.5 Å². The first-order valence-electron chi connectivity index (χ1n) is 12.1. The molecule has 0 bridgehead atoms. The first kappa shape index (κ1) is 26.9. The predicted molar refractivity (Wildman–Crippen MR) is 147 cm³/mol. The van der Waals surface area contributed by atoms with Gasteiger partial charge < -0.3 is 9.47 Å². The minimum absolute atomic E-state index is 0.0798. The molecule has 3 aromatic carbocycles. The smallest absolute Gasteiger partial charge is 0.269 e. The van der Waals surface area contributed by atoms with Crippen LogP contribution in [0.5, 0.6) is 11.5 Å². The van der Waals surface area contributed by atoms with Crippen LogP contribution in [0, 0.1) is 17.0 Å². The Balaban J connectivity index is 0.00000176. The summed E-state index contributed by atoms with van der Waals surface area (Å²) in [4.78, 5) is 15.3. The van der Waals surface area contributed by atoms with Crippen molar-refractivity contribution in [2.45, 2.75) is 40.5 Å². The van der Waals surface area contributed by atoms with Gasteiger partial charge in [-0.2, -0.15) is 0 Å². The number of aryl methyl sites for hydroxylation is 3. The average Bonchev–Trinajstić information content (AvgIpc) is 3.39. The minimum Gasteiger partial charge on any atom is -0.497 e. The van der Waals surface area contributed by atoms with Crippen molar-refractivity contribution in [1.82, 2.24) is 4.98 Å². The van der Waals surface area contributed by atoms with Crippen LogP contribution < -0.4 is 9.47 Å². The molecule has 4 rings (SSSR count). The minimum atomic E-state index is -0.393. The van der Waals surface area contributed by atoms with Crippen LogP contribution in [0.15, 0.2) is 66.0 Å². The molecular formula is C29H32N2O4S. The molecule has 0 spiro atoms. The van der Waals surface area contributed by atoms with E-state index in [0.717, 1.165) is 57.3 Å². The van der Waals surface area contributed by atoms with Crippen LogP contribution in [0.1, 0.15) is 36.9 Å². The van der Waals surface area contributed by atoms with E-state index in [1.165, 1.54) is 17.7 Å². The summed E-state index contributed by atoms with van der Waals surface area (Å²) in [5, 5.41) is 13.9. The standard InChI is InChI=1S/C27H26N2O4S.C2H6/c1-4-33-26-16-24(19-7-12-23(32-3)13-8-19)21(15-18(26)2)9-14-27-28-25(17-34-27)20-5-10-22(11-6-20)29(30)31;1-2/h5-8,10-13,15-17H,4,9,14H2,1-3H3;1-2H3. The van der Waals surface area contributed by atoms with Gasteiger partial charge in [0.25, 0.3) is 5.69 Å². The lowest BCUT2D eigenvalue weighted by Crippen LogP contribution is -2.00. The molecule has 0 radical (unpaired) electrons. The number of hydrogen-bond acceptors (Lipinski definition) is 6. The Morgan fingerprint density at radius 2 is 1.64 bits per heavy atom. The number of non-ortho nitro benzene ring substituents is 1. The van der Waals surface area contributed by atoms with Gasteiger partial charge in [0, 0.05) is 29.5 Å². The lowest BCUT2D eigenvalue weighted by molar-refractivity contribution is -0.384. The SMILES string of the molecule is CC.CCOc1cc(-c2ccc(OC)cc2)c(CCc2nc(-c3ccc([N+](=O)[O-])cc3)cs2)cc1C. The van der Waals surface area contributed by atoms with Crippen molar-refractivity contribution in [2.24, 2.45) is 0 Å². The average molecular weight is 505 g/mol. The molecule has 1 aromatic heterocycles. The molecule has 6 nitrogen and oxygen atoms in total. The van der Waals surface area contributed by atoms with E-state index in [1.54, 1.807) is 30.6 Å². The molecule has 0 fully saturated rings. The maximum Gasteiger partial charge on any atom is 0.269 e. The third-order valence-electron chi connectivity index (χ3n) is 5.64. The maximum absolute atomic E-state index is 10.9. The van der Waals surface area contributed by atoms with Crippen LogP contribution in [0.3, 0.4) is 0 Å². The number of nitrogens with zero attached hydrogens (tertiary/aromatic N) is 2. The van der Waals surface area contributed by atoms with Crippen molar-refractivity contribution < 1.29 is 14.4 Å². The van der Waals surface area contributed by atoms with Crippen LogP contribution in [0.2, 0.25) is 0 Å². The van der Waals surface area contributed by atoms with Crippen LogP contribution in [-0.4, -0.2) is 23.6 Å². The molecule has 0 N–H and O–H groups in total. The van der Waals surface area contributed by atoms with E-state index in [0.29, 0.717) is 6.61 Å². The number of thiazole rings is 1. The zero-order valence-electron chi connectivity index (χ0n) is 21.4. The van der Waals surface area contributed by atoms with Gasteiger partial charge in [-0.3, -0.25) is 10.1 Å². The van der Waals surface area contributed by atoms with Crippen LogP contribution >= 0.6 is 11.3 Å². The third kappa shape index (κ3) is 6.49. The van der Waals surface area contributed by atoms with E-state index in [9.17, 15) is 10.1 Å². The van der Waals surface area contributed by atoms with Gasteiger partial charge in [-0.15, -0.1) is 11.3 Å². The number of nitro benzene ring substituents is 1. The van der Waals surface area contributed by atoms with Gasteiger partial charge in [-0.25, -0.2) is 4.98 Å². The Morgan fingerprint density at radius 3 is 2.25 bits per heavy atom. The largest absolute Gasteiger partial charge is 0.497 e. The fourth-order valence-electron chi connectivity index (χ4n) is 3.86. The number of aromatic nitrogens is 1. The van der Waals surface area contributed by atoms with Gasteiger partial charge in [0.15, 0.2) is 0 Å². The summed E-state index contributed by atoms with van der Waals surface area (Å²) in [6.45, 7) is 8.68. The summed E-state index contributed by atoms with van der Waals surface area (Å²) in [5.74, 6) is 1.72. The molecule has 7 heteroatoms. The van der Waals surface area contributed by atoms with Gasteiger partial charge in [-0.05, 0) is 72.9 Å². The fraction of sp³-hybridized carbons (Fsp3) is 0.276. The summed E-state index contributed by atoms with van der Waals surface area (Å²) in [6, 6.07) is 18.9. The number of nitro groups is 1. The quantitative estimate of drug-likeness (QED) is 0.171. The summed E-state index contributed by atoms with van der Waals surface area (Å²) in [7, 11) is 1.67. The molecule has 0 aliphatic carbocycles. The first-order chi connectivity index (χ1) is 17.5. The number of benzene rings is 3. The van der Waals surface area contributed by atoms with Gasteiger partial charge in [-0.1, -0.05) is 32.0 Å². The van der Waals surface area contributed by atoms with Crippen molar-refractivity contribution in [3.05, 3.63) is 92.3 Å². The molecule has 4 aromatic rings. The van der Waals surface area contributed by atoms with E-state index < -0.39 is 4.92 Å². The van der Waals surface area contributed by atoms with Crippen molar-refractivity contribution in [3.8, 4) is 33.9 Å². The molecule has 0 amide bonds. The zero-order valence-corrected chi connectivity index (χ0v) is 22.2. The molecule has 0 unspecified atom stereocenters. The lowest BCUT2D eigenvalue weighted by Gasteiger charge is -2.15. The Bertz CT molecular complexity index is 1280. The number of rotatable bonds is 9. The van der Waals surface area contributed by atoms with Gasteiger partial charge in [0.2, 0.25) is 0 Å². The Kier molecular flexibility index (Phi) is 9.59. The molecule has 36 heavy (non-hydrogen) atoms. The van der Waals surface area contributed by atoms with Crippen molar-refractivity contribution in [1.29, 1.82) is 0 Å². The molecule has 1 heterocycles. The summed E-state index contributed by atoms with van der Waals surface area (Å²) >= 11 is 1.61. The molecule has 0 saturated heterocycles. The normalized spacial score (nSPS) is 10.4. The number of hydrogen-bond donors (Lipinski definition) is 0. The fourth-order valence-corrected chi connectivity index (χ4v) is 4.67. The summed E-state index contributed by atoms with van der Waals surface area (Å²) in [5.41, 5.74) is 6.40. The predicted octanol–water partition coefficient (Wildman–Crippen LogP) is 7.91. The monoisotopic (exact) mass is 504 g/mol. The maximum atomic E-state index is 10.9. The molecular weight excluding hydrogens is 472 g/mol. The van der Waals surface area contributed by atoms with E-state index in [2.05, 4.69) is 31.2 Å². The van der Waals surface area contributed by atoms with E-state index in [-0.39, 0.29) is 5.69 Å². The number of ether oxygens (including phenoxy) is 2. The summed E-state index contributed by atoms with van der Waals surface area (Å²) < 4.78 is 11.2. The highest BCUT2D eigenvalue weighted by molar-refractivity contribution is 7.09. The lowest BCUT2D eigenvalue weighted by atomic mass is 9.94. The highest BCUT2D eigenvalue weighted by Gasteiger charge is 2.13. The van der Waals surface area contributed by atoms with Crippen LogP contribution in [-0.2, 0) is 12.8 Å². The van der Waals surface area contributed by atoms with Crippen molar-refractivity contribution in [2.75, 3.05) is 13.7 Å².